The van der Waals surface area contributed by atoms with E-state index in [1.165, 1.54) is 30.0 Å². The number of benzene rings is 1. The lowest BCUT2D eigenvalue weighted by atomic mass is 9.92. The summed E-state index contributed by atoms with van der Waals surface area (Å²) in [6.07, 6.45) is -4.30. The number of para-hydroxylation sites is 1. The van der Waals surface area contributed by atoms with Gasteiger partial charge in [-0.15, -0.1) is 13.2 Å². The summed E-state index contributed by atoms with van der Waals surface area (Å²) in [4.78, 5) is 0. The summed E-state index contributed by atoms with van der Waals surface area (Å²) in [6, 6.07) is 5.76. The zero-order valence-electron chi connectivity index (χ0n) is 8.83. The number of alkyl halides is 3. The molecular weight excluding hydrogens is 253 g/mol. The molecule has 1 unspecified atom stereocenters. The van der Waals surface area contributed by atoms with Gasteiger partial charge in [0.1, 0.15) is 11.4 Å². The van der Waals surface area contributed by atoms with Gasteiger partial charge in [-0.25, -0.2) is 0 Å². The number of ether oxygens (including phenoxy) is 1. The van der Waals surface area contributed by atoms with Crippen LogP contribution < -0.4 is 4.74 Å². The molecule has 1 aromatic rings. The highest BCUT2D eigenvalue weighted by Gasteiger charge is 2.39. The normalized spacial score (nSPS) is 24.9. The van der Waals surface area contributed by atoms with Gasteiger partial charge in [-0.2, -0.15) is 11.8 Å². The van der Waals surface area contributed by atoms with Crippen LogP contribution in [-0.2, 0) is 5.60 Å². The molecule has 6 heteroatoms. The molecule has 0 radical (unpaired) electrons. The largest absolute Gasteiger partial charge is 0.573 e. The Hall–Kier alpha value is -0.880. The first-order chi connectivity index (χ1) is 7.91. The fraction of sp³-hybridized carbons (Fsp3) is 0.455. The van der Waals surface area contributed by atoms with E-state index in [2.05, 4.69) is 4.74 Å². The zero-order valence-corrected chi connectivity index (χ0v) is 9.64. The molecule has 0 spiro atoms. The van der Waals surface area contributed by atoms with E-state index in [0.717, 1.165) is 5.75 Å². The molecule has 17 heavy (non-hydrogen) atoms. The van der Waals surface area contributed by atoms with Gasteiger partial charge in [0.05, 0.1) is 0 Å². The minimum Gasteiger partial charge on any atom is -0.405 e. The van der Waals surface area contributed by atoms with Crippen LogP contribution in [0.15, 0.2) is 24.3 Å². The minimum absolute atomic E-state index is 0.210. The van der Waals surface area contributed by atoms with E-state index in [1.807, 2.05) is 0 Å². The summed E-state index contributed by atoms with van der Waals surface area (Å²) in [5.41, 5.74) is -1.01. The van der Waals surface area contributed by atoms with Crippen molar-refractivity contribution in [1.82, 2.24) is 0 Å². The van der Waals surface area contributed by atoms with Gasteiger partial charge in [-0.05, 0) is 18.2 Å². The van der Waals surface area contributed by atoms with E-state index in [9.17, 15) is 18.3 Å². The molecule has 1 aromatic carbocycles. The van der Waals surface area contributed by atoms with Crippen molar-refractivity contribution in [2.24, 2.45) is 0 Å². The third-order valence-corrected chi connectivity index (χ3v) is 3.79. The van der Waals surface area contributed by atoms with Crippen LogP contribution in [-0.4, -0.2) is 23.0 Å². The maximum Gasteiger partial charge on any atom is 0.573 e. The van der Waals surface area contributed by atoms with Gasteiger partial charge in [0, 0.05) is 11.3 Å². The fourth-order valence-electron chi connectivity index (χ4n) is 1.83. The molecule has 2 nitrogen and oxygen atoms in total. The van der Waals surface area contributed by atoms with Gasteiger partial charge in [0.25, 0.3) is 0 Å². The Bertz CT molecular complexity index is 400. The van der Waals surface area contributed by atoms with Crippen LogP contribution in [0.2, 0.25) is 0 Å². The van der Waals surface area contributed by atoms with Crippen LogP contribution >= 0.6 is 11.8 Å². The zero-order chi connectivity index (χ0) is 12.5. The van der Waals surface area contributed by atoms with Gasteiger partial charge in [0.2, 0.25) is 0 Å². The molecule has 0 saturated carbocycles. The molecular formula is C11H11F3O2S. The number of rotatable bonds is 2. The van der Waals surface area contributed by atoms with Crippen molar-refractivity contribution < 1.29 is 23.0 Å². The summed E-state index contributed by atoms with van der Waals surface area (Å²) in [7, 11) is 0. The van der Waals surface area contributed by atoms with Gasteiger partial charge in [-0.3, -0.25) is 0 Å². The lowest BCUT2D eigenvalue weighted by Gasteiger charge is -2.24. The average Bonchev–Trinajstić information content (AvgIpc) is 2.64. The molecule has 1 atom stereocenters. The Morgan fingerprint density at radius 3 is 2.59 bits per heavy atom. The van der Waals surface area contributed by atoms with E-state index in [4.69, 9.17) is 0 Å². The number of halogens is 3. The molecule has 1 aliphatic heterocycles. The molecule has 1 heterocycles. The van der Waals surface area contributed by atoms with Crippen molar-refractivity contribution in [2.75, 3.05) is 11.5 Å². The van der Waals surface area contributed by atoms with Crippen LogP contribution in [0.25, 0.3) is 0 Å². The van der Waals surface area contributed by atoms with Crippen LogP contribution in [0.1, 0.15) is 12.0 Å². The van der Waals surface area contributed by atoms with Crippen molar-refractivity contribution in [3.05, 3.63) is 29.8 Å². The highest BCUT2D eigenvalue weighted by Crippen LogP contribution is 2.41. The van der Waals surface area contributed by atoms with Gasteiger partial charge in [0.15, 0.2) is 0 Å². The van der Waals surface area contributed by atoms with Crippen molar-refractivity contribution in [2.45, 2.75) is 18.4 Å². The van der Waals surface area contributed by atoms with E-state index >= 15 is 0 Å². The van der Waals surface area contributed by atoms with Gasteiger partial charge in [-0.1, -0.05) is 18.2 Å². The second-order valence-corrected chi connectivity index (χ2v) is 4.98. The summed E-state index contributed by atoms with van der Waals surface area (Å²) in [5.74, 6) is 0.812. The molecule has 0 aromatic heterocycles. The fourth-order valence-corrected chi connectivity index (χ4v) is 3.10. The topological polar surface area (TPSA) is 29.5 Å². The molecule has 0 aliphatic carbocycles. The Morgan fingerprint density at radius 2 is 2.00 bits per heavy atom. The summed E-state index contributed by atoms with van der Waals surface area (Å²) in [5, 5.41) is 10.3. The van der Waals surface area contributed by atoms with E-state index < -0.39 is 12.0 Å². The monoisotopic (exact) mass is 264 g/mol. The third-order valence-electron chi connectivity index (χ3n) is 2.61. The highest BCUT2D eigenvalue weighted by atomic mass is 32.2. The van der Waals surface area contributed by atoms with E-state index in [-0.39, 0.29) is 11.3 Å². The number of aliphatic hydroxyl groups is 1. The Labute approximate surface area is 101 Å². The molecule has 1 fully saturated rings. The van der Waals surface area contributed by atoms with Crippen molar-refractivity contribution in [3.8, 4) is 5.75 Å². The first-order valence-corrected chi connectivity index (χ1v) is 6.22. The van der Waals surface area contributed by atoms with Crippen molar-refractivity contribution in [3.63, 3.8) is 0 Å². The third kappa shape index (κ3) is 2.87. The van der Waals surface area contributed by atoms with Crippen LogP contribution in [0.3, 0.4) is 0 Å². The Morgan fingerprint density at radius 1 is 1.29 bits per heavy atom. The second-order valence-electron chi connectivity index (χ2n) is 3.88. The second kappa shape index (κ2) is 4.42. The maximum atomic E-state index is 12.2. The minimum atomic E-state index is -4.74. The highest BCUT2D eigenvalue weighted by molar-refractivity contribution is 7.99. The Balaban J connectivity index is 2.33. The summed E-state index contributed by atoms with van der Waals surface area (Å²) >= 11 is 1.52. The molecule has 1 aliphatic rings. The first kappa shape index (κ1) is 12.6. The predicted octanol–water partition coefficient (Wildman–Crippen LogP) is 2.91. The molecule has 0 amide bonds. The molecule has 1 N–H and O–H groups in total. The Kier molecular flexibility index (Phi) is 3.27. The number of thioether (sulfide) groups is 1. The van der Waals surface area contributed by atoms with Crippen LogP contribution in [0.5, 0.6) is 5.75 Å². The molecule has 94 valence electrons. The maximum absolute atomic E-state index is 12.2. The number of hydrogen-bond acceptors (Lipinski definition) is 3. The number of hydrogen-bond donors (Lipinski definition) is 1. The smallest absolute Gasteiger partial charge is 0.405 e. The molecule has 1 saturated heterocycles. The van der Waals surface area contributed by atoms with Crippen molar-refractivity contribution >= 4 is 11.8 Å². The summed E-state index contributed by atoms with van der Waals surface area (Å²) in [6.45, 7) is 0. The lowest BCUT2D eigenvalue weighted by Crippen LogP contribution is -2.27. The standard InChI is InChI=1S/C11H11F3O2S/c12-11(13,14)16-9-4-2-1-3-8(9)10(15)5-6-17-7-10/h1-4,15H,5-7H2. The van der Waals surface area contributed by atoms with E-state index in [0.29, 0.717) is 12.2 Å². The quantitative estimate of drug-likeness (QED) is 0.890. The van der Waals surface area contributed by atoms with Crippen molar-refractivity contribution in [1.29, 1.82) is 0 Å². The SMILES string of the molecule is OC1(c2ccccc2OC(F)(F)F)CCSC1. The van der Waals surface area contributed by atoms with E-state index in [1.54, 1.807) is 6.07 Å². The average molecular weight is 264 g/mol. The molecule has 0 bridgehead atoms. The van der Waals surface area contributed by atoms with Crippen LogP contribution in [0, 0.1) is 0 Å². The summed E-state index contributed by atoms with van der Waals surface area (Å²) < 4.78 is 40.6. The van der Waals surface area contributed by atoms with Crippen LogP contribution in [0.4, 0.5) is 13.2 Å². The van der Waals surface area contributed by atoms with Gasteiger partial charge < -0.3 is 9.84 Å². The first-order valence-electron chi connectivity index (χ1n) is 5.06. The lowest BCUT2D eigenvalue weighted by molar-refractivity contribution is -0.275. The predicted molar refractivity (Wildman–Crippen MR) is 59.0 cm³/mol. The van der Waals surface area contributed by atoms with Gasteiger partial charge >= 0.3 is 6.36 Å². The molecule has 2 rings (SSSR count).